The third kappa shape index (κ3) is 3.45. The molecule has 0 amide bonds. The highest BCUT2D eigenvalue weighted by Crippen LogP contribution is 2.25. The van der Waals surface area contributed by atoms with Crippen LogP contribution >= 0.6 is 0 Å². The number of hydrogen-bond donors (Lipinski definition) is 2. The Kier molecular flexibility index (Phi) is 4.53. The molecule has 5 nitrogen and oxygen atoms in total. The molecule has 3 N–H and O–H groups in total. The zero-order valence-corrected chi connectivity index (χ0v) is 11.1. The van der Waals surface area contributed by atoms with Gasteiger partial charge in [-0.15, -0.1) is 0 Å². The van der Waals surface area contributed by atoms with E-state index in [1.54, 1.807) is 20.8 Å². The largest absolute Gasteiger partial charge is 0.481 e. The van der Waals surface area contributed by atoms with Gasteiger partial charge in [-0.1, -0.05) is 0 Å². The van der Waals surface area contributed by atoms with Crippen molar-refractivity contribution < 1.29 is 18.3 Å². The second-order valence-corrected chi connectivity index (χ2v) is 8.11. The van der Waals surface area contributed by atoms with Crippen LogP contribution in [0.4, 0.5) is 0 Å². The Morgan fingerprint density at radius 3 is 1.94 bits per heavy atom. The summed E-state index contributed by atoms with van der Waals surface area (Å²) in [5.74, 6) is -1.21. The van der Waals surface area contributed by atoms with Gasteiger partial charge in [0.15, 0.2) is 9.84 Å². The smallest absolute Gasteiger partial charge is 0.310 e. The zero-order valence-electron chi connectivity index (χ0n) is 10.3. The molecule has 16 heavy (non-hydrogen) atoms. The van der Waals surface area contributed by atoms with Crippen LogP contribution in [0.25, 0.3) is 0 Å². The first kappa shape index (κ1) is 15.4. The van der Waals surface area contributed by atoms with Gasteiger partial charge < -0.3 is 10.8 Å². The summed E-state index contributed by atoms with van der Waals surface area (Å²) >= 11 is 0. The minimum Gasteiger partial charge on any atom is -0.481 e. The molecule has 0 saturated carbocycles. The van der Waals surface area contributed by atoms with E-state index in [0.29, 0.717) is 0 Å². The first-order valence-electron chi connectivity index (χ1n) is 5.12. The molecule has 0 aromatic carbocycles. The normalized spacial score (nSPS) is 16.8. The number of hydrogen-bond acceptors (Lipinski definition) is 4. The lowest BCUT2D eigenvalue weighted by Crippen LogP contribution is -2.39. The summed E-state index contributed by atoms with van der Waals surface area (Å²) in [4.78, 5) is 10.9. The molecule has 0 aliphatic carbocycles. The SMILES string of the molecule is CC(CN)(CCS(=O)(=O)C(C)(C)C)C(=O)O. The van der Waals surface area contributed by atoms with Gasteiger partial charge in [0.05, 0.1) is 15.9 Å². The third-order valence-electron chi connectivity index (χ3n) is 2.82. The molecule has 0 heterocycles. The van der Waals surface area contributed by atoms with Crippen molar-refractivity contribution in [1.82, 2.24) is 0 Å². The standard InChI is InChI=1S/C10H21NO4S/c1-9(2,3)16(14,15)6-5-10(4,7-11)8(12)13/h5-7,11H2,1-4H3,(H,12,13). The summed E-state index contributed by atoms with van der Waals surface area (Å²) < 4.78 is 22.7. The molecule has 0 saturated heterocycles. The van der Waals surface area contributed by atoms with Crippen LogP contribution < -0.4 is 5.73 Å². The maximum absolute atomic E-state index is 11.8. The van der Waals surface area contributed by atoms with Crippen molar-refractivity contribution in [2.75, 3.05) is 12.3 Å². The van der Waals surface area contributed by atoms with Gasteiger partial charge in [-0.25, -0.2) is 8.42 Å². The molecule has 0 spiro atoms. The predicted octanol–water partition coefficient (Wildman–Crippen LogP) is 0.639. The van der Waals surface area contributed by atoms with Crippen LogP contribution in [0.1, 0.15) is 34.1 Å². The Labute approximate surface area is 96.9 Å². The average molecular weight is 251 g/mol. The Balaban J connectivity index is 4.76. The van der Waals surface area contributed by atoms with Crippen LogP contribution in [0.5, 0.6) is 0 Å². The summed E-state index contributed by atoms with van der Waals surface area (Å²) in [6.07, 6.45) is 0.0401. The van der Waals surface area contributed by atoms with E-state index in [9.17, 15) is 13.2 Å². The average Bonchev–Trinajstić information content (AvgIpc) is 2.12. The highest BCUT2D eigenvalue weighted by Gasteiger charge is 2.36. The van der Waals surface area contributed by atoms with Gasteiger partial charge in [-0.05, 0) is 34.1 Å². The summed E-state index contributed by atoms with van der Waals surface area (Å²) in [6, 6.07) is 0. The van der Waals surface area contributed by atoms with E-state index in [2.05, 4.69) is 0 Å². The van der Waals surface area contributed by atoms with E-state index in [1.807, 2.05) is 0 Å². The highest BCUT2D eigenvalue weighted by atomic mass is 32.2. The number of rotatable bonds is 5. The van der Waals surface area contributed by atoms with Crippen molar-refractivity contribution in [3.8, 4) is 0 Å². The molecular formula is C10H21NO4S. The van der Waals surface area contributed by atoms with E-state index in [4.69, 9.17) is 10.8 Å². The van der Waals surface area contributed by atoms with Crippen molar-refractivity contribution in [2.45, 2.75) is 38.9 Å². The summed E-state index contributed by atoms with van der Waals surface area (Å²) in [7, 11) is -3.29. The lowest BCUT2D eigenvalue weighted by Gasteiger charge is -2.25. The first-order chi connectivity index (χ1) is 6.96. The minimum atomic E-state index is -3.29. The van der Waals surface area contributed by atoms with Crippen molar-refractivity contribution in [3.63, 3.8) is 0 Å². The van der Waals surface area contributed by atoms with Crippen molar-refractivity contribution in [3.05, 3.63) is 0 Å². The summed E-state index contributed by atoms with van der Waals surface area (Å²) in [6.45, 7) is 6.20. The number of aliphatic carboxylic acids is 1. The summed E-state index contributed by atoms with van der Waals surface area (Å²) in [5, 5.41) is 8.96. The molecule has 0 bridgehead atoms. The van der Waals surface area contributed by atoms with Crippen molar-refractivity contribution >= 4 is 15.8 Å². The monoisotopic (exact) mass is 251 g/mol. The lowest BCUT2D eigenvalue weighted by molar-refractivity contribution is -0.147. The molecule has 0 aliphatic heterocycles. The lowest BCUT2D eigenvalue weighted by atomic mass is 9.88. The molecule has 96 valence electrons. The zero-order chi connectivity index (χ0) is 13.2. The molecule has 0 aromatic heterocycles. The molecule has 6 heteroatoms. The molecule has 0 fully saturated rings. The van der Waals surface area contributed by atoms with Crippen molar-refractivity contribution in [2.24, 2.45) is 11.1 Å². The first-order valence-corrected chi connectivity index (χ1v) is 6.77. The fourth-order valence-electron chi connectivity index (χ4n) is 0.962. The molecule has 0 aliphatic rings. The Bertz CT molecular complexity index is 356. The summed E-state index contributed by atoms with van der Waals surface area (Å²) in [5.41, 5.74) is 4.20. The Morgan fingerprint density at radius 2 is 1.69 bits per heavy atom. The van der Waals surface area contributed by atoms with E-state index >= 15 is 0 Å². The fourth-order valence-corrected chi connectivity index (χ4v) is 2.29. The number of carboxylic acid groups (broad SMARTS) is 1. The topological polar surface area (TPSA) is 97.5 Å². The molecule has 0 rings (SSSR count). The molecular weight excluding hydrogens is 230 g/mol. The Morgan fingerprint density at radius 1 is 1.25 bits per heavy atom. The van der Waals surface area contributed by atoms with Crippen LogP contribution in [0.3, 0.4) is 0 Å². The van der Waals surface area contributed by atoms with Crippen LogP contribution in [0, 0.1) is 5.41 Å². The molecule has 1 unspecified atom stereocenters. The number of carboxylic acids is 1. The highest BCUT2D eigenvalue weighted by molar-refractivity contribution is 7.92. The van der Waals surface area contributed by atoms with Gasteiger partial charge in [-0.2, -0.15) is 0 Å². The van der Waals surface area contributed by atoms with Gasteiger partial charge in [-0.3, -0.25) is 4.79 Å². The molecule has 0 aromatic rings. The van der Waals surface area contributed by atoms with E-state index in [-0.39, 0.29) is 18.7 Å². The second kappa shape index (κ2) is 4.71. The van der Waals surface area contributed by atoms with Gasteiger partial charge in [0.1, 0.15) is 0 Å². The van der Waals surface area contributed by atoms with E-state index < -0.39 is 26.0 Å². The second-order valence-electron chi connectivity index (χ2n) is 5.25. The van der Waals surface area contributed by atoms with Gasteiger partial charge in [0.2, 0.25) is 0 Å². The maximum Gasteiger partial charge on any atom is 0.310 e. The van der Waals surface area contributed by atoms with Crippen LogP contribution in [0.15, 0.2) is 0 Å². The Hall–Kier alpha value is -0.620. The quantitative estimate of drug-likeness (QED) is 0.747. The fraction of sp³-hybridized carbons (Fsp3) is 0.900. The molecule has 1 atom stereocenters. The van der Waals surface area contributed by atoms with Gasteiger partial charge >= 0.3 is 5.97 Å². The van der Waals surface area contributed by atoms with E-state index in [0.717, 1.165) is 0 Å². The van der Waals surface area contributed by atoms with Gasteiger partial charge in [0.25, 0.3) is 0 Å². The van der Waals surface area contributed by atoms with Crippen molar-refractivity contribution in [1.29, 1.82) is 0 Å². The minimum absolute atomic E-state index is 0.0401. The van der Waals surface area contributed by atoms with Gasteiger partial charge in [0, 0.05) is 6.54 Å². The number of sulfone groups is 1. The number of carbonyl (C=O) groups is 1. The van der Waals surface area contributed by atoms with Crippen LogP contribution in [-0.2, 0) is 14.6 Å². The van der Waals surface area contributed by atoms with Crippen LogP contribution in [-0.4, -0.2) is 36.5 Å². The van der Waals surface area contributed by atoms with E-state index in [1.165, 1.54) is 6.92 Å². The molecule has 0 radical (unpaired) electrons. The third-order valence-corrected chi connectivity index (χ3v) is 5.43. The predicted molar refractivity (Wildman–Crippen MR) is 63.0 cm³/mol. The maximum atomic E-state index is 11.8. The van der Waals surface area contributed by atoms with Crippen LogP contribution in [0.2, 0.25) is 0 Å². The number of nitrogens with two attached hydrogens (primary N) is 1.